The van der Waals surface area contributed by atoms with Gasteiger partial charge in [0.15, 0.2) is 6.33 Å². The molecule has 1 fully saturated rings. The van der Waals surface area contributed by atoms with E-state index in [1.807, 2.05) is 6.92 Å². The van der Waals surface area contributed by atoms with Gasteiger partial charge in [0.2, 0.25) is 5.88 Å². The van der Waals surface area contributed by atoms with Crippen LogP contribution in [-0.2, 0) is 4.74 Å². The zero-order valence-corrected chi connectivity index (χ0v) is 16.5. The molecule has 3 atom stereocenters. The Hall–Kier alpha value is -2.96. The molecule has 0 N–H and O–H groups in total. The largest absolute Gasteiger partial charge is 0.497 e. The van der Waals surface area contributed by atoms with Crippen LogP contribution in [0.5, 0.6) is 5.88 Å². The second-order valence-corrected chi connectivity index (χ2v) is 7.35. The Morgan fingerprint density at radius 1 is 1.21 bits per heavy atom. The van der Waals surface area contributed by atoms with Crippen LogP contribution in [0.25, 0.3) is 11.5 Å². The normalized spacial score (nSPS) is 24.0. The lowest BCUT2D eigenvalue weighted by molar-refractivity contribution is 0.281. The average molecular weight is 380 g/mol. The topological polar surface area (TPSA) is 83.2 Å². The molecule has 0 aromatic carbocycles. The smallest absolute Gasteiger partial charge is 0.264 e. The molecule has 4 rings (SSSR count). The molecule has 3 unspecified atom stereocenters. The molecule has 0 bridgehead atoms. The van der Waals surface area contributed by atoms with Crippen molar-refractivity contribution in [3.05, 3.63) is 53.5 Å². The van der Waals surface area contributed by atoms with Crippen molar-refractivity contribution in [1.29, 1.82) is 0 Å². The van der Waals surface area contributed by atoms with Gasteiger partial charge < -0.3 is 14.0 Å². The van der Waals surface area contributed by atoms with Crippen molar-refractivity contribution in [3.8, 4) is 17.3 Å². The minimum atomic E-state index is 0.362. The molecular formula is C21H24N4O3. The summed E-state index contributed by atoms with van der Waals surface area (Å²) in [5.74, 6) is 3.76. The number of allylic oxidation sites excluding steroid dienone is 5. The van der Waals surface area contributed by atoms with E-state index < -0.39 is 0 Å². The molecule has 28 heavy (non-hydrogen) atoms. The summed E-state index contributed by atoms with van der Waals surface area (Å²) in [7, 11) is 1.71. The first-order valence-electron chi connectivity index (χ1n) is 9.44. The summed E-state index contributed by atoms with van der Waals surface area (Å²) in [6, 6.07) is 0. The maximum Gasteiger partial charge on any atom is 0.264 e. The van der Waals surface area contributed by atoms with Gasteiger partial charge in [-0.3, -0.25) is 0 Å². The van der Waals surface area contributed by atoms with Crippen LogP contribution in [0.4, 0.5) is 0 Å². The van der Waals surface area contributed by atoms with Crippen molar-refractivity contribution in [2.24, 2.45) is 17.8 Å². The van der Waals surface area contributed by atoms with Crippen molar-refractivity contribution in [2.45, 2.75) is 27.2 Å². The van der Waals surface area contributed by atoms with Crippen molar-refractivity contribution in [3.63, 3.8) is 0 Å². The van der Waals surface area contributed by atoms with Crippen LogP contribution < -0.4 is 4.74 Å². The second kappa shape index (κ2) is 7.58. The monoisotopic (exact) mass is 380 g/mol. The van der Waals surface area contributed by atoms with E-state index in [9.17, 15) is 0 Å². The van der Waals surface area contributed by atoms with Crippen LogP contribution in [0.1, 0.15) is 26.1 Å². The fraction of sp³-hybridized carbons (Fsp3) is 0.429. The van der Waals surface area contributed by atoms with Gasteiger partial charge in [-0.2, -0.15) is 9.97 Å². The molecule has 7 nitrogen and oxygen atoms in total. The van der Waals surface area contributed by atoms with Gasteiger partial charge in [0.1, 0.15) is 17.1 Å². The lowest BCUT2D eigenvalue weighted by Gasteiger charge is -2.16. The zero-order chi connectivity index (χ0) is 19.7. The Morgan fingerprint density at radius 2 is 2.07 bits per heavy atom. The predicted octanol–water partition coefficient (Wildman–Crippen LogP) is 3.90. The van der Waals surface area contributed by atoms with Crippen LogP contribution in [0, 0.1) is 24.7 Å². The maximum atomic E-state index is 6.06. The molecule has 1 saturated carbocycles. The van der Waals surface area contributed by atoms with Crippen LogP contribution in [0.2, 0.25) is 0 Å². The standard InChI is InChI=1S/C21H24N4O3/c1-12-7-16(26-4)5-6-17(13(12)2)18-8-15(18)10-27-21-19(9-22-14(3)25-21)20-23-11-24-28-20/h5-7,9,11,13,15,18H,8,10H2,1-4H3. The highest BCUT2D eigenvalue weighted by atomic mass is 16.5. The summed E-state index contributed by atoms with van der Waals surface area (Å²) in [5.41, 5.74) is 3.37. The Balaban J connectivity index is 1.46. The summed E-state index contributed by atoms with van der Waals surface area (Å²) >= 11 is 0. The van der Waals surface area contributed by atoms with Gasteiger partial charge >= 0.3 is 0 Å². The van der Waals surface area contributed by atoms with Crippen molar-refractivity contribution < 1.29 is 14.0 Å². The Bertz CT molecular complexity index is 947. The molecule has 2 heterocycles. The fourth-order valence-corrected chi connectivity index (χ4v) is 3.58. The lowest BCUT2D eigenvalue weighted by Crippen LogP contribution is -2.09. The van der Waals surface area contributed by atoms with E-state index in [-0.39, 0.29) is 0 Å². The third-order valence-electron chi connectivity index (χ3n) is 5.48. The van der Waals surface area contributed by atoms with E-state index in [0.29, 0.717) is 47.5 Å². The number of hydrogen-bond donors (Lipinski definition) is 0. The molecule has 0 amide bonds. The van der Waals surface area contributed by atoms with Crippen molar-refractivity contribution in [1.82, 2.24) is 20.1 Å². The Labute approximate surface area is 164 Å². The number of rotatable bonds is 6. The van der Waals surface area contributed by atoms with Gasteiger partial charge in [0.05, 0.1) is 13.7 Å². The van der Waals surface area contributed by atoms with E-state index in [4.69, 9.17) is 14.0 Å². The van der Waals surface area contributed by atoms with E-state index in [1.165, 1.54) is 17.5 Å². The minimum Gasteiger partial charge on any atom is -0.497 e. The number of aromatic nitrogens is 4. The van der Waals surface area contributed by atoms with Crippen LogP contribution in [0.15, 0.2) is 52.2 Å². The molecule has 2 aromatic heterocycles. The molecule has 2 aliphatic carbocycles. The number of methoxy groups -OCH3 is 1. The molecule has 0 spiro atoms. The Morgan fingerprint density at radius 3 is 2.82 bits per heavy atom. The van der Waals surface area contributed by atoms with Gasteiger partial charge in [0, 0.05) is 12.1 Å². The summed E-state index contributed by atoms with van der Waals surface area (Å²) in [5, 5.41) is 3.65. The maximum absolute atomic E-state index is 6.06. The number of hydrogen-bond acceptors (Lipinski definition) is 7. The molecule has 146 valence electrons. The molecular weight excluding hydrogens is 356 g/mol. The molecule has 0 saturated heterocycles. The van der Waals surface area contributed by atoms with E-state index in [1.54, 1.807) is 13.3 Å². The third-order valence-corrected chi connectivity index (χ3v) is 5.48. The number of ether oxygens (including phenoxy) is 2. The first kappa shape index (κ1) is 18.4. The van der Waals surface area contributed by atoms with E-state index in [0.717, 1.165) is 12.2 Å². The Kier molecular flexibility index (Phi) is 4.98. The van der Waals surface area contributed by atoms with Gasteiger partial charge in [-0.25, -0.2) is 4.98 Å². The molecule has 2 aromatic rings. The predicted molar refractivity (Wildman–Crippen MR) is 103 cm³/mol. The quantitative estimate of drug-likeness (QED) is 0.751. The molecule has 7 heteroatoms. The van der Waals surface area contributed by atoms with Crippen LogP contribution >= 0.6 is 0 Å². The van der Waals surface area contributed by atoms with Gasteiger partial charge in [-0.1, -0.05) is 29.3 Å². The van der Waals surface area contributed by atoms with Crippen LogP contribution in [-0.4, -0.2) is 33.8 Å². The highest BCUT2D eigenvalue weighted by Crippen LogP contribution is 2.49. The van der Waals surface area contributed by atoms with Gasteiger partial charge in [-0.05, 0) is 44.3 Å². The lowest BCUT2D eigenvalue weighted by atomic mass is 9.90. The molecule has 0 radical (unpaired) electrons. The minimum absolute atomic E-state index is 0.362. The summed E-state index contributed by atoms with van der Waals surface area (Å²) in [6.07, 6.45) is 10.5. The SMILES string of the molecule is COC1=CC=C(C2CC2COc2nc(C)ncc2-c2ncno2)C(C)C(C)=C1. The first-order valence-corrected chi connectivity index (χ1v) is 9.44. The van der Waals surface area contributed by atoms with Gasteiger partial charge in [-0.15, -0.1) is 0 Å². The number of aryl methyl sites for hydroxylation is 1. The second-order valence-electron chi connectivity index (χ2n) is 7.35. The highest BCUT2D eigenvalue weighted by Gasteiger charge is 2.42. The van der Waals surface area contributed by atoms with E-state index in [2.05, 4.69) is 52.2 Å². The number of nitrogens with zero attached hydrogens (tertiary/aromatic N) is 4. The fourth-order valence-electron chi connectivity index (χ4n) is 3.58. The first-order chi connectivity index (χ1) is 13.6. The third kappa shape index (κ3) is 3.69. The van der Waals surface area contributed by atoms with Gasteiger partial charge in [0.25, 0.3) is 5.89 Å². The summed E-state index contributed by atoms with van der Waals surface area (Å²) in [4.78, 5) is 12.7. The van der Waals surface area contributed by atoms with Crippen LogP contribution in [0.3, 0.4) is 0 Å². The molecule has 2 aliphatic rings. The summed E-state index contributed by atoms with van der Waals surface area (Å²) < 4.78 is 16.6. The van der Waals surface area contributed by atoms with E-state index >= 15 is 0 Å². The average Bonchev–Trinajstić information content (AvgIpc) is 3.28. The highest BCUT2D eigenvalue weighted by molar-refractivity contribution is 5.58. The zero-order valence-electron chi connectivity index (χ0n) is 16.5. The van der Waals surface area contributed by atoms with Crippen molar-refractivity contribution >= 4 is 0 Å². The van der Waals surface area contributed by atoms with Crippen molar-refractivity contribution in [2.75, 3.05) is 13.7 Å². The summed E-state index contributed by atoms with van der Waals surface area (Å²) in [6.45, 7) is 6.83. The molecule has 0 aliphatic heterocycles.